The van der Waals surface area contributed by atoms with Gasteiger partial charge in [-0.2, -0.15) is 0 Å². The van der Waals surface area contributed by atoms with Crippen LogP contribution in [-0.4, -0.2) is 15.9 Å². The van der Waals surface area contributed by atoms with Crippen LogP contribution < -0.4 is 10.6 Å². The van der Waals surface area contributed by atoms with Gasteiger partial charge in [0, 0.05) is 6.07 Å². The number of rotatable bonds is 3. The first-order valence-electron chi connectivity index (χ1n) is 6.51. The minimum absolute atomic E-state index is 0.0264. The molecule has 2 rings (SSSR count). The molecule has 8 heteroatoms. The zero-order valence-electron chi connectivity index (χ0n) is 12.0. The van der Waals surface area contributed by atoms with Crippen LogP contribution in [0.25, 0.3) is 0 Å². The van der Waals surface area contributed by atoms with Gasteiger partial charge in [-0.05, 0) is 37.3 Å². The third-order valence-electron chi connectivity index (χ3n) is 3.10. The monoisotopic (exact) mass is 349 g/mol. The summed E-state index contributed by atoms with van der Waals surface area (Å²) in [6.07, 6.45) is 0. The minimum Gasteiger partial charge on any atom is -0.332 e. The molecule has 0 saturated carbocycles. The Kier molecular flexibility index (Phi) is 5.25. The number of hydrogen-bond acceptors (Lipinski definition) is 4. The molecule has 118 valence electrons. The van der Waals surface area contributed by atoms with Crippen LogP contribution in [0.15, 0.2) is 42.5 Å². The number of nitrogens with one attached hydrogen (secondary N) is 2. The number of benzene rings is 2. The summed E-state index contributed by atoms with van der Waals surface area (Å²) in [5, 5.41) is 16.5. The first-order valence-corrected chi connectivity index (χ1v) is 7.29. The molecule has 0 saturated heterocycles. The van der Waals surface area contributed by atoms with Gasteiger partial charge in [-0.3, -0.25) is 20.2 Å². The summed E-state index contributed by atoms with van der Waals surface area (Å²) in [5.74, 6) is -0.462. The average Bonchev–Trinajstić information content (AvgIpc) is 2.49. The maximum absolute atomic E-state index is 12.1. The highest BCUT2D eigenvalue weighted by molar-refractivity contribution is 7.80. The van der Waals surface area contributed by atoms with Crippen LogP contribution >= 0.6 is 23.8 Å². The summed E-state index contributed by atoms with van der Waals surface area (Å²) in [6, 6.07) is 11.1. The lowest BCUT2D eigenvalue weighted by molar-refractivity contribution is -0.385. The Hall–Kier alpha value is -2.51. The SMILES string of the molecule is Cc1c(NC(=S)NC(=O)c2ccccc2Cl)cccc1[N+](=O)[O-]. The summed E-state index contributed by atoms with van der Waals surface area (Å²) < 4.78 is 0. The van der Waals surface area contributed by atoms with Gasteiger partial charge in [0.05, 0.1) is 26.8 Å². The normalized spacial score (nSPS) is 10.0. The Labute approximate surface area is 142 Å². The topological polar surface area (TPSA) is 84.3 Å². The van der Waals surface area contributed by atoms with Crippen molar-refractivity contribution in [1.29, 1.82) is 0 Å². The largest absolute Gasteiger partial charge is 0.332 e. The van der Waals surface area contributed by atoms with Gasteiger partial charge in [0.15, 0.2) is 5.11 Å². The van der Waals surface area contributed by atoms with E-state index in [4.69, 9.17) is 23.8 Å². The van der Waals surface area contributed by atoms with Gasteiger partial charge in [-0.15, -0.1) is 0 Å². The molecular formula is C15H12ClN3O3S. The molecule has 0 aromatic heterocycles. The Morgan fingerprint density at radius 3 is 2.57 bits per heavy atom. The first kappa shape index (κ1) is 16.9. The van der Waals surface area contributed by atoms with E-state index >= 15 is 0 Å². The smallest absolute Gasteiger partial charge is 0.274 e. The van der Waals surface area contributed by atoms with Crippen LogP contribution in [0.5, 0.6) is 0 Å². The van der Waals surface area contributed by atoms with Gasteiger partial charge in [0.2, 0.25) is 0 Å². The highest BCUT2D eigenvalue weighted by atomic mass is 35.5. The van der Waals surface area contributed by atoms with E-state index < -0.39 is 10.8 Å². The number of carbonyl (C=O) groups is 1. The fourth-order valence-corrected chi connectivity index (χ4v) is 2.35. The lowest BCUT2D eigenvalue weighted by atomic mass is 10.1. The van der Waals surface area contributed by atoms with Crippen molar-refractivity contribution in [3.63, 3.8) is 0 Å². The van der Waals surface area contributed by atoms with Crippen LogP contribution in [0.1, 0.15) is 15.9 Å². The predicted molar refractivity (Wildman–Crippen MR) is 93.0 cm³/mol. The van der Waals surface area contributed by atoms with Crippen molar-refractivity contribution in [2.24, 2.45) is 0 Å². The lowest BCUT2D eigenvalue weighted by Gasteiger charge is -2.12. The summed E-state index contributed by atoms with van der Waals surface area (Å²) in [6.45, 7) is 1.60. The summed E-state index contributed by atoms with van der Waals surface area (Å²) in [5.41, 5.74) is 1.12. The van der Waals surface area contributed by atoms with Crippen LogP contribution in [0, 0.1) is 17.0 Å². The van der Waals surface area contributed by atoms with E-state index in [0.29, 0.717) is 16.3 Å². The number of halogens is 1. The molecule has 1 amide bonds. The molecule has 0 bridgehead atoms. The summed E-state index contributed by atoms with van der Waals surface area (Å²) in [4.78, 5) is 22.5. The fraction of sp³-hybridized carbons (Fsp3) is 0.0667. The standard InChI is InChI=1S/C15H12ClN3O3S/c1-9-12(7-4-8-13(9)19(21)22)17-15(23)18-14(20)10-5-2-3-6-11(10)16/h2-8H,1H3,(H2,17,18,20,23). The molecule has 0 aliphatic rings. The number of nitro benzene ring substituents is 1. The minimum atomic E-state index is -0.480. The maximum atomic E-state index is 12.1. The molecule has 0 fully saturated rings. The Morgan fingerprint density at radius 2 is 1.91 bits per heavy atom. The van der Waals surface area contributed by atoms with Crippen LogP contribution in [-0.2, 0) is 0 Å². The molecule has 0 heterocycles. The van der Waals surface area contributed by atoms with Crippen molar-refractivity contribution < 1.29 is 9.72 Å². The van der Waals surface area contributed by atoms with Gasteiger partial charge in [-0.1, -0.05) is 29.8 Å². The van der Waals surface area contributed by atoms with Crippen LogP contribution in [0.2, 0.25) is 5.02 Å². The Balaban J connectivity index is 2.12. The second-order valence-electron chi connectivity index (χ2n) is 4.59. The van der Waals surface area contributed by atoms with E-state index in [1.54, 1.807) is 37.3 Å². The van der Waals surface area contributed by atoms with Crippen molar-refractivity contribution >= 4 is 46.2 Å². The maximum Gasteiger partial charge on any atom is 0.274 e. The molecule has 0 radical (unpaired) electrons. The van der Waals surface area contributed by atoms with Crippen LogP contribution in [0.4, 0.5) is 11.4 Å². The van der Waals surface area contributed by atoms with Gasteiger partial charge < -0.3 is 5.32 Å². The first-order chi connectivity index (χ1) is 10.9. The number of hydrogen-bond donors (Lipinski definition) is 2. The van der Waals surface area contributed by atoms with Crippen molar-refractivity contribution in [3.8, 4) is 0 Å². The van der Waals surface area contributed by atoms with Crippen molar-refractivity contribution in [2.75, 3.05) is 5.32 Å². The third-order valence-corrected chi connectivity index (χ3v) is 3.63. The molecule has 2 aromatic carbocycles. The summed E-state index contributed by atoms with van der Waals surface area (Å²) >= 11 is 11.0. The second-order valence-corrected chi connectivity index (χ2v) is 5.41. The molecule has 0 aliphatic carbocycles. The quantitative estimate of drug-likeness (QED) is 0.501. The van der Waals surface area contributed by atoms with Crippen molar-refractivity contribution in [3.05, 3.63) is 68.7 Å². The predicted octanol–water partition coefficient (Wildman–Crippen LogP) is 3.68. The van der Waals surface area contributed by atoms with Crippen LogP contribution in [0.3, 0.4) is 0 Å². The lowest BCUT2D eigenvalue weighted by Crippen LogP contribution is -2.34. The Morgan fingerprint density at radius 1 is 1.22 bits per heavy atom. The number of nitrogens with zero attached hydrogens (tertiary/aromatic N) is 1. The van der Waals surface area contributed by atoms with Crippen molar-refractivity contribution in [1.82, 2.24) is 5.32 Å². The molecular weight excluding hydrogens is 338 g/mol. The molecule has 6 nitrogen and oxygen atoms in total. The summed E-state index contributed by atoms with van der Waals surface area (Å²) in [7, 11) is 0. The molecule has 0 aliphatic heterocycles. The molecule has 0 unspecified atom stereocenters. The highest BCUT2D eigenvalue weighted by Crippen LogP contribution is 2.25. The van der Waals surface area contributed by atoms with E-state index in [0.717, 1.165) is 0 Å². The second kappa shape index (κ2) is 7.17. The number of thiocarbonyl (C=S) groups is 1. The van der Waals surface area contributed by atoms with E-state index in [2.05, 4.69) is 10.6 Å². The molecule has 2 aromatic rings. The van der Waals surface area contributed by atoms with E-state index in [-0.39, 0.29) is 16.4 Å². The highest BCUT2D eigenvalue weighted by Gasteiger charge is 2.15. The van der Waals surface area contributed by atoms with Gasteiger partial charge in [0.1, 0.15) is 0 Å². The zero-order valence-corrected chi connectivity index (χ0v) is 13.6. The number of carbonyl (C=O) groups excluding carboxylic acids is 1. The number of amides is 1. The van der Waals surface area contributed by atoms with E-state index in [1.165, 1.54) is 12.1 Å². The van der Waals surface area contributed by atoms with Gasteiger partial charge in [-0.25, -0.2) is 0 Å². The van der Waals surface area contributed by atoms with Gasteiger partial charge >= 0.3 is 0 Å². The average molecular weight is 350 g/mol. The van der Waals surface area contributed by atoms with E-state index in [9.17, 15) is 14.9 Å². The number of anilines is 1. The molecule has 2 N–H and O–H groups in total. The molecule has 23 heavy (non-hydrogen) atoms. The molecule has 0 atom stereocenters. The zero-order chi connectivity index (χ0) is 17.0. The molecule has 0 spiro atoms. The fourth-order valence-electron chi connectivity index (χ4n) is 1.93. The van der Waals surface area contributed by atoms with Crippen molar-refractivity contribution in [2.45, 2.75) is 6.92 Å². The van der Waals surface area contributed by atoms with Gasteiger partial charge in [0.25, 0.3) is 11.6 Å². The third kappa shape index (κ3) is 4.02. The number of nitro groups is 1. The Bertz CT molecular complexity index is 795. The van der Waals surface area contributed by atoms with E-state index in [1.807, 2.05) is 0 Å².